The van der Waals surface area contributed by atoms with Crippen LogP contribution in [0.5, 0.6) is 5.75 Å². The van der Waals surface area contributed by atoms with Crippen LogP contribution in [0, 0.1) is 16.0 Å². The molecule has 0 aliphatic carbocycles. The molecule has 1 unspecified atom stereocenters. The molecule has 0 aromatic heterocycles. The third-order valence-corrected chi connectivity index (χ3v) is 3.33. The summed E-state index contributed by atoms with van der Waals surface area (Å²) in [5.41, 5.74) is 0.0408. The molecule has 1 N–H and O–H groups in total. The summed E-state index contributed by atoms with van der Waals surface area (Å²) in [6.45, 7) is 3.39. The van der Waals surface area contributed by atoms with Gasteiger partial charge in [-0.2, -0.15) is 0 Å². The number of nitrogens with zero attached hydrogens (tertiary/aromatic N) is 2. The van der Waals surface area contributed by atoms with Crippen LogP contribution in [0.3, 0.4) is 0 Å². The monoisotopic (exact) mass is 266 g/mol. The maximum atomic E-state index is 10.6. The molecule has 6 heteroatoms. The molecular weight excluding hydrogens is 248 g/mol. The number of benzene rings is 1. The van der Waals surface area contributed by atoms with Crippen LogP contribution in [0.15, 0.2) is 24.3 Å². The van der Waals surface area contributed by atoms with Crippen molar-refractivity contribution in [3.8, 4) is 5.75 Å². The second-order valence-electron chi connectivity index (χ2n) is 4.74. The zero-order chi connectivity index (χ0) is 13.7. The van der Waals surface area contributed by atoms with E-state index in [1.54, 1.807) is 12.1 Å². The van der Waals surface area contributed by atoms with Crippen LogP contribution >= 0.6 is 0 Å². The highest BCUT2D eigenvalue weighted by Gasteiger charge is 2.21. The van der Waals surface area contributed by atoms with E-state index in [1.165, 1.54) is 12.1 Å². The summed E-state index contributed by atoms with van der Waals surface area (Å²) >= 11 is 0. The van der Waals surface area contributed by atoms with E-state index in [-0.39, 0.29) is 12.3 Å². The highest BCUT2D eigenvalue weighted by Crippen LogP contribution is 2.19. The lowest BCUT2D eigenvalue weighted by Gasteiger charge is -2.15. The Morgan fingerprint density at radius 2 is 2.37 bits per heavy atom. The van der Waals surface area contributed by atoms with Gasteiger partial charge in [0.15, 0.2) is 0 Å². The van der Waals surface area contributed by atoms with Crippen LogP contribution in [0.2, 0.25) is 0 Å². The molecule has 1 aliphatic rings. The quantitative estimate of drug-likeness (QED) is 0.620. The maximum absolute atomic E-state index is 10.6. The van der Waals surface area contributed by atoms with Crippen LogP contribution < -0.4 is 4.74 Å². The number of hydrogen-bond acceptors (Lipinski definition) is 5. The van der Waals surface area contributed by atoms with E-state index in [9.17, 15) is 10.1 Å². The summed E-state index contributed by atoms with van der Waals surface area (Å²) in [7, 11) is 0. The molecular formula is C13H18N2O4. The minimum Gasteiger partial charge on any atom is -0.492 e. The number of rotatable bonds is 6. The topological polar surface area (TPSA) is 75.8 Å². The van der Waals surface area contributed by atoms with Gasteiger partial charge in [-0.1, -0.05) is 6.07 Å². The van der Waals surface area contributed by atoms with E-state index in [1.807, 2.05) is 0 Å². The zero-order valence-electron chi connectivity index (χ0n) is 10.7. The smallest absolute Gasteiger partial charge is 0.273 e. The summed E-state index contributed by atoms with van der Waals surface area (Å²) in [5.74, 6) is 0.893. The highest BCUT2D eigenvalue weighted by atomic mass is 16.6. The molecule has 1 saturated heterocycles. The van der Waals surface area contributed by atoms with Gasteiger partial charge >= 0.3 is 0 Å². The van der Waals surface area contributed by atoms with Crippen molar-refractivity contribution in [3.63, 3.8) is 0 Å². The zero-order valence-corrected chi connectivity index (χ0v) is 10.7. The van der Waals surface area contributed by atoms with Crippen molar-refractivity contribution in [1.29, 1.82) is 0 Å². The first-order valence-electron chi connectivity index (χ1n) is 6.39. The summed E-state index contributed by atoms with van der Waals surface area (Å²) in [4.78, 5) is 12.4. The highest BCUT2D eigenvalue weighted by molar-refractivity contribution is 5.37. The Balaban J connectivity index is 1.77. The molecule has 1 fully saturated rings. The Bertz CT molecular complexity index is 438. The standard InChI is InChI=1S/C13H18N2O4/c16-10-11-4-5-14(9-11)6-7-19-13-3-1-2-12(8-13)15(17)18/h1-3,8,11,16H,4-7,9-10H2. The summed E-state index contributed by atoms with van der Waals surface area (Å²) < 4.78 is 5.52. The van der Waals surface area contributed by atoms with Crippen LogP contribution in [0.4, 0.5) is 5.69 Å². The Morgan fingerprint density at radius 3 is 3.05 bits per heavy atom. The fraction of sp³-hybridized carbons (Fsp3) is 0.538. The molecule has 104 valence electrons. The van der Waals surface area contributed by atoms with Gasteiger partial charge in [0, 0.05) is 25.8 Å². The Hall–Kier alpha value is -1.66. The normalized spacial score (nSPS) is 19.5. The van der Waals surface area contributed by atoms with Crippen molar-refractivity contribution in [2.45, 2.75) is 6.42 Å². The van der Waals surface area contributed by atoms with Gasteiger partial charge < -0.3 is 9.84 Å². The number of non-ortho nitro benzene ring substituents is 1. The van der Waals surface area contributed by atoms with E-state index in [0.29, 0.717) is 18.3 Å². The summed E-state index contributed by atoms with van der Waals surface area (Å²) in [5, 5.41) is 19.7. The van der Waals surface area contributed by atoms with Crippen molar-refractivity contribution in [2.24, 2.45) is 5.92 Å². The van der Waals surface area contributed by atoms with Crippen LogP contribution in [0.1, 0.15) is 6.42 Å². The van der Waals surface area contributed by atoms with Gasteiger partial charge in [-0.05, 0) is 24.9 Å². The maximum Gasteiger partial charge on any atom is 0.273 e. The molecule has 1 aromatic carbocycles. The number of nitro benzene ring substituents is 1. The first-order valence-corrected chi connectivity index (χ1v) is 6.39. The molecule has 0 saturated carbocycles. The van der Waals surface area contributed by atoms with E-state index in [2.05, 4.69) is 4.90 Å². The molecule has 19 heavy (non-hydrogen) atoms. The second-order valence-corrected chi connectivity index (χ2v) is 4.74. The van der Waals surface area contributed by atoms with E-state index in [0.717, 1.165) is 26.1 Å². The number of aliphatic hydroxyl groups excluding tert-OH is 1. The van der Waals surface area contributed by atoms with Crippen LogP contribution in [-0.4, -0.2) is 47.8 Å². The van der Waals surface area contributed by atoms with E-state index in [4.69, 9.17) is 9.84 Å². The molecule has 6 nitrogen and oxygen atoms in total. The average molecular weight is 266 g/mol. The molecule has 0 bridgehead atoms. The lowest BCUT2D eigenvalue weighted by Crippen LogP contribution is -2.26. The Labute approximate surface area is 111 Å². The summed E-state index contributed by atoms with van der Waals surface area (Å²) in [6.07, 6.45) is 1.02. The van der Waals surface area contributed by atoms with Gasteiger partial charge in [-0.3, -0.25) is 15.0 Å². The average Bonchev–Trinajstić information content (AvgIpc) is 2.87. The van der Waals surface area contributed by atoms with Gasteiger partial charge in [-0.15, -0.1) is 0 Å². The number of nitro groups is 1. The fourth-order valence-electron chi connectivity index (χ4n) is 2.24. The van der Waals surface area contributed by atoms with E-state index >= 15 is 0 Å². The number of likely N-dealkylation sites (tertiary alicyclic amines) is 1. The first-order chi connectivity index (χ1) is 9.19. The van der Waals surface area contributed by atoms with Gasteiger partial charge in [0.05, 0.1) is 11.0 Å². The second kappa shape index (κ2) is 6.49. The summed E-state index contributed by atoms with van der Waals surface area (Å²) in [6, 6.07) is 6.21. The molecule has 1 aromatic rings. The molecule has 2 rings (SSSR count). The van der Waals surface area contributed by atoms with E-state index < -0.39 is 4.92 Å². The van der Waals surface area contributed by atoms with Gasteiger partial charge in [0.1, 0.15) is 12.4 Å². The van der Waals surface area contributed by atoms with Crippen molar-refractivity contribution >= 4 is 5.69 Å². The van der Waals surface area contributed by atoms with Gasteiger partial charge in [-0.25, -0.2) is 0 Å². The van der Waals surface area contributed by atoms with Crippen LogP contribution in [0.25, 0.3) is 0 Å². The van der Waals surface area contributed by atoms with Crippen molar-refractivity contribution in [3.05, 3.63) is 34.4 Å². The lowest BCUT2D eigenvalue weighted by atomic mass is 10.1. The molecule has 1 aliphatic heterocycles. The number of hydrogen-bond donors (Lipinski definition) is 1. The van der Waals surface area contributed by atoms with Crippen molar-refractivity contribution < 1.29 is 14.8 Å². The Morgan fingerprint density at radius 1 is 1.53 bits per heavy atom. The third kappa shape index (κ3) is 3.90. The number of aliphatic hydroxyl groups is 1. The predicted octanol–water partition coefficient (Wildman–Crippen LogP) is 1.29. The van der Waals surface area contributed by atoms with Crippen LogP contribution in [-0.2, 0) is 0 Å². The molecule has 0 spiro atoms. The largest absolute Gasteiger partial charge is 0.492 e. The first kappa shape index (κ1) is 13.8. The van der Waals surface area contributed by atoms with Gasteiger partial charge in [0.25, 0.3) is 5.69 Å². The molecule has 0 amide bonds. The SMILES string of the molecule is O=[N+]([O-])c1cccc(OCCN2CCC(CO)C2)c1. The lowest BCUT2D eigenvalue weighted by molar-refractivity contribution is -0.384. The molecule has 1 atom stereocenters. The Kier molecular flexibility index (Phi) is 4.70. The minimum absolute atomic E-state index is 0.0408. The predicted molar refractivity (Wildman–Crippen MR) is 70.2 cm³/mol. The molecule has 1 heterocycles. The fourth-order valence-corrected chi connectivity index (χ4v) is 2.24. The van der Waals surface area contributed by atoms with Crippen molar-refractivity contribution in [2.75, 3.05) is 32.8 Å². The third-order valence-electron chi connectivity index (χ3n) is 3.33. The van der Waals surface area contributed by atoms with Gasteiger partial charge in [0.2, 0.25) is 0 Å². The minimum atomic E-state index is -0.431. The number of ether oxygens (including phenoxy) is 1. The molecule has 0 radical (unpaired) electrons. The van der Waals surface area contributed by atoms with Crippen molar-refractivity contribution in [1.82, 2.24) is 4.90 Å².